The molecular weight excluding hydrogens is 422 g/mol. The first-order valence-corrected chi connectivity index (χ1v) is 13.5. The van der Waals surface area contributed by atoms with Crippen molar-refractivity contribution in [3.05, 3.63) is 47.5 Å². The molecule has 1 aliphatic carbocycles. The predicted octanol–water partition coefficient (Wildman–Crippen LogP) is 5.56. The summed E-state index contributed by atoms with van der Waals surface area (Å²) in [6.07, 6.45) is 8.96. The number of aromatic nitrogens is 3. The van der Waals surface area contributed by atoms with E-state index in [0.29, 0.717) is 18.0 Å². The molecule has 2 aliphatic rings. The van der Waals surface area contributed by atoms with E-state index in [-0.39, 0.29) is 17.9 Å². The van der Waals surface area contributed by atoms with Gasteiger partial charge in [0.05, 0.1) is 6.04 Å². The number of hydrogen-bond acceptors (Lipinski definition) is 4. The van der Waals surface area contributed by atoms with Gasteiger partial charge in [0.25, 0.3) is 0 Å². The van der Waals surface area contributed by atoms with Crippen LogP contribution in [0.2, 0.25) is 0 Å². The second kappa shape index (κ2) is 11.5. The number of hydrogen-bond donors (Lipinski definition) is 1. The van der Waals surface area contributed by atoms with Crippen molar-refractivity contribution in [3.8, 4) is 0 Å². The molecule has 186 valence electrons. The van der Waals surface area contributed by atoms with Crippen LogP contribution in [0.4, 0.5) is 0 Å². The second-order valence-electron chi connectivity index (χ2n) is 10.6. The Bertz CT molecular complexity index is 920. The van der Waals surface area contributed by atoms with E-state index in [2.05, 4.69) is 76.9 Å². The first kappa shape index (κ1) is 24.9. The minimum atomic E-state index is 0.0881. The Balaban J connectivity index is 1.41. The molecule has 2 aromatic rings. The highest BCUT2D eigenvalue weighted by Gasteiger charge is 2.31. The number of nitrogens with zero attached hydrogens (tertiary/aromatic N) is 4. The highest BCUT2D eigenvalue weighted by molar-refractivity contribution is 5.79. The lowest BCUT2D eigenvalue weighted by molar-refractivity contribution is -0.128. The lowest BCUT2D eigenvalue weighted by Gasteiger charge is -2.32. The SMILES string of the molecule is CCC(CC1CCCN1CCC(NC(=O)C1CCC1)c1ccccc1)n1c(C)nnc1C(C)C. The molecule has 0 bridgehead atoms. The van der Waals surface area contributed by atoms with Gasteiger partial charge in [-0.05, 0) is 64.0 Å². The molecule has 0 spiro atoms. The Hall–Kier alpha value is -2.21. The summed E-state index contributed by atoms with van der Waals surface area (Å²) in [5.74, 6) is 2.98. The first-order chi connectivity index (χ1) is 16.5. The van der Waals surface area contributed by atoms with Gasteiger partial charge in [0.2, 0.25) is 5.91 Å². The average molecular weight is 466 g/mol. The molecule has 1 aliphatic heterocycles. The van der Waals surface area contributed by atoms with E-state index in [4.69, 9.17) is 0 Å². The minimum absolute atomic E-state index is 0.0881. The summed E-state index contributed by atoms with van der Waals surface area (Å²) in [6.45, 7) is 11.0. The number of carbonyl (C=O) groups is 1. The van der Waals surface area contributed by atoms with Crippen molar-refractivity contribution >= 4 is 5.91 Å². The zero-order valence-corrected chi connectivity index (χ0v) is 21.5. The molecule has 6 heteroatoms. The van der Waals surface area contributed by atoms with Crippen molar-refractivity contribution in [2.75, 3.05) is 13.1 Å². The number of benzene rings is 1. The summed E-state index contributed by atoms with van der Waals surface area (Å²) < 4.78 is 2.40. The van der Waals surface area contributed by atoms with Gasteiger partial charge in [-0.15, -0.1) is 10.2 Å². The van der Waals surface area contributed by atoms with Gasteiger partial charge in [0, 0.05) is 30.5 Å². The normalized spacial score (nSPS) is 20.9. The van der Waals surface area contributed by atoms with Crippen LogP contribution in [-0.4, -0.2) is 44.7 Å². The third-order valence-corrected chi connectivity index (χ3v) is 7.99. The lowest BCUT2D eigenvalue weighted by atomic mass is 9.84. The van der Waals surface area contributed by atoms with Gasteiger partial charge in [0.15, 0.2) is 0 Å². The molecule has 3 atom stereocenters. The Morgan fingerprint density at radius 2 is 1.88 bits per heavy atom. The molecule has 6 nitrogen and oxygen atoms in total. The first-order valence-electron chi connectivity index (χ1n) is 13.5. The van der Waals surface area contributed by atoms with Crippen LogP contribution in [0.1, 0.15) is 107 Å². The highest BCUT2D eigenvalue weighted by Crippen LogP contribution is 2.32. The van der Waals surface area contributed by atoms with Crippen LogP contribution in [-0.2, 0) is 4.79 Å². The number of likely N-dealkylation sites (tertiary alicyclic amines) is 1. The molecule has 1 saturated carbocycles. The predicted molar refractivity (Wildman–Crippen MR) is 137 cm³/mol. The molecule has 1 aromatic carbocycles. The summed E-state index contributed by atoms with van der Waals surface area (Å²) in [7, 11) is 0. The Morgan fingerprint density at radius 1 is 1.12 bits per heavy atom. The number of nitrogens with one attached hydrogen (secondary N) is 1. The monoisotopic (exact) mass is 465 g/mol. The van der Waals surface area contributed by atoms with Gasteiger partial charge in [-0.2, -0.15) is 0 Å². The summed E-state index contributed by atoms with van der Waals surface area (Å²) in [5, 5.41) is 12.3. The van der Waals surface area contributed by atoms with Crippen LogP contribution < -0.4 is 5.32 Å². The molecule has 1 saturated heterocycles. The van der Waals surface area contributed by atoms with Crippen molar-refractivity contribution in [3.63, 3.8) is 0 Å². The summed E-state index contributed by atoms with van der Waals surface area (Å²) in [5.41, 5.74) is 1.22. The summed E-state index contributed by atoms with van der Waals surface area (Å²) in [6, 6.07) is 11.6. The van der Waals surface area contributed by atoms with Crippen LogP contribution >= 0.6 is 0 Å². The Morgan fingerprint density at radius 3 is 2.53 bits per heavy atom. The number of amides is 1. The quantitative estimate of drug-likeness (QED) is 0.472. The largest absolute Gasteiger partial charge is 0.349 e. The van der Waals surface area contributed by atoms with Crippen LogP contribution in [0.25, 0.3) is 0 Å². The van der Waals surface area contributed by atoms with Crippen molar-refractivity contribution < 1.29 is 4.79 Å². The molecule has 2 fully saturated rings. The smallest absolute Gasteiger partial charge is 0.223 e. The van der Waals surface area contributed by atoms with E-state index in [1.165, 1.54) is 24.8 Å². The third kappa shape index (κ3) is 5.70. The van der Waals surface area contributed by atoms with Gasteiger partial charge in [-0.25, -0.2) is 0 Å². The summed E-state index contributed by atoms with van der Waals surface area (Å²) >= 11 is 0. The van der Waals surface area contributed by atoms with Crippen LogP contribution in [0.3, 0.4) is 0 Å². The maximum Gasteiger partial charge on any atom is 0.223 e. The fraction of sp³-hybridized carbons (Fsp3) is 0.679. The fourth-order valence-corrected chi connectivity index (χ4v) is 5.72. The van der Waals surface area contributed by atoms with Crippen molar-refractivity contribution in [1.82, 2.24) is 25.0 Å². The average Bonchev–Trinajstić information content (AvgIpc) is 3.40. The molecule has 1 aromatic heterocycles. The number of aryl methyl sites for hydroxylation is 1. The van der Waals surface area contributed by atoms with E-state index in [0.717, 1.165) is 56.8 Å². The zero-order chi connectivity index (χ0) is 24.1. The number of carbonyl (C=O) groups excluding carboxylic acids is 1. The van der Waals surface area contributed by atoms with Crippen molar-refractivity contribution in [1.29, 1.82) is 0 Å². The fourth-order valence-electron chi connectivity index (χ4n) is 5.72. The topological polar surface area (TPSA) is 63.1 Å². The molecule has 4 rings (SSSR count). The van der Waals surface area contributed by atoms with E-state index < -0.39 is 0 Å². The second-order valence-corrected chi connectivity index (χ2v) is 10.6. The van der Waals surface area contributed by atoms with Gasteiger partial charge >= 0.3 is 0 Å². The van der Waals surface area contributed by atoms with Gasteiger partial charge in [0.1, 0.15) is 11.6 Å². The molecule has 1 amide bonds. The maximum absolute atomic E-state index is 12.8. The molecular formula is C28H43N5O. The molecule has 3 unspecified atom stereocenters. The van der Waals surface area contributed by atoms with E-state index in [1.807, 2.05) is 6.07 Å². The molecule has 0 radical (unpaired) electrons. The number of rotatable bonds is 11. The van der Waals surface area contributed by atoms with E-state index in [9.17, 15) is 4.79 Å². The van der Waals surface area contributed by atoms with Crippen LogP contribution in [0, 0.1) is 12.8 Å². The van der Waals surface area contributed by atoms with Gasteiger partial charge in [-0.3, -0.25) is 4.79 Å². The molecule has 34 heavy (non-hydrogen) atoms. The van der Waals surface area contributed by atoms with Crippen molar-refractivity contribution in [2.24, 2.45) is 5.92 Å². The summed E-state index contributed by atoms with van der Waals surface area (Å²) in [4.78, 5) is 15.4. The third-order valence-electron chi connectivity index (χ3n) is 7.99. The van der Waals surface area contributed by atoms with E-state index in [1.54, 1.807) is 0 Å². The highest BCUT2D eigenvalue weighted by atomic mass is 16.2. The van der Waals surface area contributed by atoms with E-state index >= 15 is 0 Å². The van der Waals surface area contributed by atoms with Crippen LogP contribution in [0.5, 0.6) is 0 Å². The minimum Gasteiger partial charge on any atom is -0.349 e. The Kier molecular flexibility index (Phi) is 8.41. The lowest BCUT2D eigenvalue weighted by Crippen LogP contribution is -2.39. The molecule has 1 N–H and O–H groups in total. The zero-order valence-electron chi connectivity index (χ0n) is 21.5. The molecule has 2 heterocycles. The van der Waals surface area contributed by atoms with Gasteiger partial charge in [-0.1, -0.05) is 57.5 Å². The Labute approximate surface area is 205 Å². The van der Waals surface area contributed by atoms with Crippen LogP contribution in [0.15, 0.2) is 30.3 Å². The van der Waals surface area contributed by atoms with Crippen molar-refractivity contribution in [2.45, 2.75) is 103 Å². The van der Waals surface area contributed by atoms with Gasteiger partial charge < -0.3 is 14.8 Å². The standard InChI is InChI=1S/C28H43N5O/c1-5-24(33-21(4)30-31-27(33)20(2)3)19-25-15-10-17-32(25)18-16-26(22-11-7-6-8-12-22)29-28(34)23-13-9-14-23/h6-8,11-12,20,23-26H,5,9-10,13-19H2,1-4H3,(H,29,34). The maximum atomic E-state index is 12.8.